The first-order valence-corrected chi connectivity index (χ1v) is 20.2. The highest BCUT2D eigenvalue weighted by atomic mass is 16.5. The number of nitrogens with two attached hydrogens (primary N) is 1. The van der Waals surface area contributed by atoms with Crippen molar-refractivity contribution in [2.24, 2.45) is 33.9 Å². The highest BCUT2D eigenvalue weighted by Gasteiger charge is 2.48. The fourth-order valence-corrected chi connectivity index (χ4v) is 9.74. The average Bonchev–Trinajstić information content (AvgIpc) is 3.93. The van der Waals surface area contributed by atoms with Crippen molar-refractivity contribution in [3.8, 4) is 35.4 Å². The van der Waals surface area contributed by atoms with Crippen LogP contribution in [0.4, 0.5) is 0 Å². The first-order valence-electron chi connectivity index (χ1n) is 20.2. The second kappa shape index (κ2) is 14.8. The number of benzene rings is 2. The number of aliphatic imine (C=N–C) groups is 1. The van der Waals surface area contributed by atoms with Crippen LogP contribution in [0.3, 0.4) is 0 Å². The number of rotatable bonds is 6. The van der Waals surface area contributed by atoms with Crippen molar-refractivity contribution in [3.05, 3.63) is 93.3 Å². The van der Waals surface area contributed by atoms with Gasteiger partial charge < -0.3 is 30.3 Å². The van der Waals surface area contributed by atoms with Gasteiger partial charge >= 0.3 is 0 Å². The Kier molecular flexibility index (Phi) is 9.68. The topological polar surface area (TPSA) is 130 Å². The lowest BCUT2D eigenvalue weighted by molar-refractivity contribution is -0.121. The summed E-state index contributed by atoms with van der Waals surface area (Å²) in [6.07, 6.45) is 17.0. The molecule has 2 aliphatic carbocycles. The van der Waals surface area contributed by atoms with Gasteiger partial charge in [-0.1, -0.05) is 67.9 Å². The van der Waals surface area contributed by atoms with Crippen LogP contribution < -0.4 is 20.5 Å². The first kappa shape index (κ1) is 36.0. The third-order valence-electron chi connectivity index (χ3n) is 13.0. The van der Waals surface area contributed by atoms with Crippen LogP contribution in [0, 0.1) is 47.0 Å². The smallest absolute Gasteiger partial charge is 0.187 e. The zero-order valence-corrected chi connectivity index (χ0v) is 31.5. The molecule has 1 saturated carbocycles. The highest BCUT2D eigenvalue weighted by Crippen LogP contribution is 2.49. The van der Waals surface area contributed by atoms with E-state index < -0.39 is 29.8 Å². The van der Waals surface area contributed by atoms with Crippen molar-refractivity contribution < 1.29 is 24.5 Å². The third kappa shape index (κ3) is 6.93. The van der Waals surface area contributed by atoms with Crippen LogP contribution in [0.25, 0.3) is 0 Å². The number of fused-ring (bicyclic) bond motifs is 8. The molecule has 9 nitrogen and oxygen atoms in total. The summed E-state index contributed by atoms with van der Waals surface area (Å²) in [5.41, 5.74) is 14.3. The van der Waals surface area contributed by atoms with Crippen LogP contribution in [-0.2, 0) is 24.1 Å². The first-order chi connectivity index (χ1) is 26.7. The van der Waals surface area contributed by atoms with Crippen molar-refractivity contribution in [2.75, 3.05) is 13.1 Å². The summed E-state index contributed by atoms with van der Waals surface area (Å²) in [5, 5.41) is 26.1. The molecule has 2 aromatic rings. The molecule has 0 saturated heterocycles. The molecule has 9 rings (SSSR count). The Morgan fingerprint density at radius 2 is 1.96 bits per heavy atom. The quantitative estimate of drug-likeness (QED) is 0.219. The van der Waals surface area contributed by atoms with Gasteiger partial charge in [0.1, 0.15) is 18.0 Å². The second-order valence-electron chi connectivity index (χ2n) is 16.6. The molecule has 2 bridgehead atoms. The molecular weight excluding hydrogens is 689 g/mol. The Hall–Kier alpha value is -4.64. The predicted molar refractivity (Wildman–Crippen MR) is 210 cm³/mol. The van der Waals surface area contributed by atoms with E-state index in [1.807, 2.05) is 36.5 Å². The minimum absolute atomic E-state index is 0.0348. The lowest BCUT2D eigenvalue weighted by atomic mass is 9.73. The van der Waals surface area contributed by atoms with Crippen LogP contribution in [-0.4, -0.2) is 52.5 Å². The Morgan fingerprint density at radius 1 is 1.11 bits per heavy atom. The zero-order chi connectivity index (χ0) is 37.7. The molecule has 0 unspecified atom stereocenters. The molecule has 284 valence electrons. The van der Waals surface area contributed by atoms with Gasteiger partial charge in [0.05, 0.1) is 29.3 Å². The fraction of sp³-hybridized carbons (Fsp3) is 0.478. The van der Waals surface area contributed by atoms with Crippen LogP contribution in [0.5, 0.6) is 11.5 Å². The number of hydrogen-bond acceptors (Lipinski definition) is 9. The van der Waals surface area contributed by atoms with Gasteiger partial charge in [-0.2, -0.15) is 0 Å². The molecule has 1 spiro atoms. The van der Waals surface area contributed by atoms with E-state index in [0.29, 0.717) is 43.2 Å². The summed E-state index contributed by atoms with van der Waals surface area (Å²) >= 11 is 0. The van der Waals surface area contributed by atoms with Gasteiger partial charge in [-0.05, 0) is 90.0 Å². The van der Waals surface area contributed by atoms with Crippen molar-refractivity contribution in [2.45, 2.75) is 102 Å². The van der Waals surface area contributed by atoms with Crippen LogP contribution in [0.15, 0.2) is 70.5 Å². The SMILES string of the molecule is C[C@@H]1C=C[C@H]([C@@H](O)CC(=O)CCc2ccc3c(c2)O[C@@H]2[C@@H](C#C[C@H](O)c4ccc5c(c4CC4=C6CN2C=C6N=C4)CCN[C@H]5N)C2(C#CO3)CCCC2)CC1. The Balaban J connectivity index is 1.06. The number of carbonyl (C=O) groups excluding carboxylic acids is 1. The van der Waals surface area contributed by atoms with Crippen LogP contribution in [0.2, 0.25) is 0 Å². The van der Waals surface area contributed by atoms with E-state index in [4.69, 9.17) is 20.2 Å². The van der Waals surface area contributed by atoms with E-state index in [0.717, 1.165) is 90.6 Å². The number of ether oxygens (including phenoxy) is 2. The van der Waals surface area contributed by atoms with Gasteiger partial charge in [0, 0.05) is 56.3 Å². The van der Waals surface area contributed by atoms with Crippen LogP contribution in [0.1, 0.15) is 98.4 Å². The van der Waals surface area contributed by atoms with E-state index in [1.165, 1.54) is 5.56 Å². The molecule has 7 atom stereocenters. The van der Waals surface area contributed by atoms with Gasteiger partial charge in [0.15, 0.2) is 17.7 Å². The maximum atomic E-state index is 13.1. The number of hydrogen-bond donors (Lipinski definition) is 4. The predicted octanol–water partition coefficient (Wildman–Crippen LogP) is 5.71. The Morgan fingerprint density at radius 3 is 2.80 bits per heavy atom. The second-order valence-corrected chi connectivity index (χ2v) is 16.6. The maximum Gasteiger partial charge on any atom is 0.187 e. The molecule has 0 radical (unpaired) electrons. The van der Waals surface area contributed by atoms with Gasteiger partial charge in [-0.25, -0.2) is 0 Å². The Labute approximate surface area is 323 Å². The summed E-state index contributed by atoms with van der Waals surface area (Å²) in [4.78, 5) is 20.2. The summed E-state index contributed by atoms with van der Waals surface area (Å²) in [6.45, 7) is 3.56. The zero-order valence-electron chi connectivity index (χ0n) is 31.5. The number of allylic oxidation sites excluding steroid dienone is 2. The molecule has 1 fully saturated rings. The van der Waals surface area contributed by atoms with Gasteiger partial charge in [-0.3, -0.25) is 15.1 Å². The van der Waals surface area contributed by atoms with Gasteiger partial charge in [0.25, 0.3) is 0 Å². The highest BCUT2D eigenvalue weighted by molar-refractivity contribution is 5.88. The lowest BCUT2D eigenvalue weighted by Gasteiger charge is -2.39. The van der Waals surface area contributed by atoms with Crippen molar-refractivity contribution in [1.82, 2.24) is 10.2 Å². The van der Waals surface area contributed by atoms with E-state index in [9.17, 15) is 15.0 Å². The van der Waals surface area contributed by atoms with E-state index in [-0.39, 0.29) is 24.3 Å². The maximum absolute atomic E-state index is 13.1. The number of Topliss-reactive ketones (excluding diaryl/α,β-unsaturated/α-hetero) is 1. The number of aryl methyl sites for hydroxylation is 1. The van der Waals surface area contributed by atoms with Crippen molar-refractivity contribution in [3.63, 3.8) is 0 Å². The van der Waals surface area contributed by atoms with Gasteiger partial charge in [-0.15, -0.1) is 0 Å². The normalized spacial score (nSPS) is 28.8. The number of carbonyl (C=O) groups is 1. The van der Waals surface area contributed by atoms with Crippen molar-refractivity contribution >= 4 is 12.0 Å². The summed E-state index contributed by atoms with van der Waals surface area (Å²) in [6, 6.07) is 9.83. The minimum atomic E-state index is -1.02. The molecule has 2 aromatic carbocycles. The molecule has 55 heavy (non-hydrogen) atoms. The molecule has 5 heterocycles. The third-order valence-corrected chi connectivity index (χ3v) is 13.0. The molecule has 0 amide bonds. The molecule has 5 N–H and O–H groups in total. The number of nitrogens with zero attached hydrogens (tertiary/aromatic N) is 2. The van der Waals surface area contributed by atoms with E-state index in [1.54, 1.807) is 0 Å². The summed E-state index contributed by atoms with van der Waals surface area (Å²) in [7, 11) is 0. The molecule has 5 aliphatic heterocycles. The number of ketones is 1. The summed E-state index contributed by atoms with van der Waals surface area (Å²) in [5.74, 6) is 11.7. The average molecular weight is 739 g/mol. The van der Waals surface area contributed by atoms with Crippen molar-refractivity contribution in [1.29, 1.82) is 0 Å². The standard InChI is InChI=1S/C46H50N4O5/c1-28-4-8-30(9-5-28)41(53)24-32(51)10-6-29-7-15-42-43(22-29)55-45-38(46(19-21-54-42)17-2-3-18-46)13-14-40(52)34-11-12-35-33(16-20-48-44(35)47)36(34)23-31-25-49-39-27-50(45)26-37(31)39/h4,7-8,11-12,15,22,25,27-28,30,38,40-41,44-45,48,52-53H,2-3,5-6,9-10,16-18,20,23-24,26,47H2,1H3/t28-,30+,38-,40+,41+,44-,45-/m1/s1. The monoisotopic (exact) mass is 738 g/mol. The molecular formula is C46H50N4O5. The molecule has 7 aliphatic rings. The van der Waals surface area contributed by atoms with Gasteiger partial charge in [0.2, 0.25) is 0 Å². The van der Waals surface area contributed by atoms with E-state index in [2.05, 4.69) is 59.4 Å². The fourth-order valence-electron chi connectivity index (χ4n) is 9.74. The summed E-state index contributed by atoms with van der Waals surface area (Å²) < 4.78 is 13.3. The number of nitrogens with one attached hydrogen (secondary N) is 1. The largest absolute Gasteiger partial charge is 0.465 e. The van der Waals surface area contributed by atoms with E-state index >= 15 is 0 Å². The van der Waals surface area contributed by atoms with Crippen LogP contribution >= 0.6 is 0 Å². The number of aliphatic hydroxyl groups excluding tert-OH is 2. The molecule has 9 heteroatoms. The molecule has 0 aromatic heterocycles. The lowest BCUT2D eigenvalue weighted by Crippen LogP contribution is -2.47. The number of aliphatic hydroxyl groups is 2. The minimum Gasteiger partial charge on any atom is -0.465 e. The Bertz CT molecular complexity index is 2140.